The second-order valence-electron chi connectivity index (χ2n) is 7.08. The third-order valence-corrected chi connectivity index (χ3v) is 5.87. The zero-order valence-electron chi connectivity index (χ0n) is 15.2. The van der Waals surface area contributed by atoms with Gasteiger partial charge in [0.05, 0.1) is 10.9 Å². The third kappa shape index (κ3) is 2.75. The molecule has 1 aliphatic carbocycles. The molecule has 0 atom stereocenters. The molecule has 0 fully saturated rings. The van der Waals surface area contributed by atoms with Crippen LogP contribution in [0.1, 0.15) is 17.5 Å². The highest BCUT2D eigenvalue weighted by Gasteiger charge is 2.14. The minimum absolute atomic E-state index is 0.140. The molecule has 0 unspecified atom stereocenters. The molecule has 4 aromatic rings. The molecule has 5 rings (SSSR count). The Bertz CT molecular complexity index is 1240. The maximum Gasteiger partial charge on any atom is 0.283 e. The van der Waals surface area contributed by atoms with Crippen LogP contribution in [0.2, 0.25) is 0 Å². The fourth-order valence-electron chi connectivity index (χ4n) is 3.60. The molecule has 0 aliphatic heterocycles. The van der Waals surface area contributed by atoms with Gasteiger partial charge >= 0.3 is 0 Å². The van der Waals surface area contributed by atoms with Gasteiger partial charge in [-0.1, -0.05) is 17.4 Å². The monoisotopic (exact) mass is 377 g/mol. The summed E-state index contributed by atoms with van der Waals surface area (Å²) < 4.78 is 1.39. The van der Waals surface area contributed by atoms with E-state index in [0.717, 1.165) is 24.2 Å². The van der Waals surface area contributed by atoms with Crippen molar-refractivity contribution >= 4 is 43.7 Å². The van der Waals surface area contributed by atoms with E-state index in [4.69, 9.17) is 0 Å². The molecule has 1 N–H and O–H groups in total. The standard InChI is InChI=1S/C20H19N5OS/c1-24(2)15-8-9-16-17(11-15)22-20-25(18(16)26)23-19(27-20)21-14-7-6-12-4-3-5-13(12)10-14/h6-11H,3-5H2,1-2H3,(H,21,23). The van der Waals surface area contributed by atoms with E-state index in [-0.39, 0.29) is 5.56 Å². The number of benzene rings is 2. The Morgan fingerprint density at radius 1 is 1.11 bits per heavy atom. The van der Waals surface area contributed by atoms with Crippen LogP contribution in [0.3, 0.4) is 0 Å². The normalized spacial score (nSPS) is 13.3. The van der Waals surface area contributed by atoms with Crippen LogP contribution in [0.4, 0.5) is 16.5 Å². The summed E-state index contributed by atoms with van der Waals surface area (Å²) in [7, 11) is 3.94. The number of rotatable bonds is 3. The summed E-state index contributed by atoms with van der Waals surface area (Å²) in [4.78, 5) is 20.1. The molecule has 0 amide bonds. The van der Waals surface area contributed by atoms with Gasteiger partial charge in [-0.2, -0.15) is 4.52 Å². The van der Waals surface area contributed by atoms with E-state index in [0.29, 0.717) is 21.0 Å². The summed E-state index contributed by atoms with van der Waals surface area (Å²) in [6.07, 6.45) is 3.52. The average molecular weight is 377 g/mol. The Balaban J connectivity index is 1.57. The van der Waals surface area contributed by atoms with Crippen molar-refractivity contribution in [2.75, 3.05) is 24.3 Å². The molecule has 27 heavy (non-hydrogen) atoms. The zero-order valence-corrected chi connectivity index (χ0v) is 16.0. The number of nitrogens with one attached hydrogen (secondary N) is 1. The molecule has 0 saturated carbocycles. The van der Waals surface area contributed by atoms with Crippen LogP contribution in [-0.2, 0) is 12.8 Å². The third-order valence-electron chi connectivity index (χ3n) is 5.05. The van der Waals surface area contributed by atoms with Gasteiger partial charge < -0.3 is 10.2 Å². The summed E-state index contributed by atoms with van der Waals surface area (Å²) in [6.45, 7) is 0. The Hall–Kier alpha value is -2.93. The number of aryl methyl sites for hydroxylation is 2. The number of fused-ring (bicyclic) bond motifs is 3. The molecule has 2 aromatic carbocycles. The second-order valence-corrected chi connectivity index (χ2v) is 8.03. The van der Waals surface area contributed by atoms with Crippen molar-refractivity contribution in [3.63, 3.8) is 0 Å². The van der Waals surface area contributed by atoms with Crippen molar-refractivity contribution in [3.05, 3.63) is 57.9 Å². The lowest BCUT2D eigenvalue weighted by Gasteiger charge is -2.12. The number of anilines is 3. The van der Waals surface area contributed by atoms with Crippen molar-refractivity contribution in [2.24, 2.45) is 0 Å². The number of hydrogen-bond donors (Lipinski definition) is 1. The minimum atomic E-state index is -0.140. The smallest absolute Gasteiger partial charge is 0.283 e. The first kappa shape index (κ1) is 16.3. The van der Waals surface area contributed by atoms with Crippen LogP contribution >= 0.6 is 11.3 Å². The summed E-state index contributed by atoms with van der Waals surface area (Å²) in [5.41, 5.74) is 5.41. The maximum absolute atomic E-state index is 12.8. The van der Waals surface area contributed by atoms with Crippen LogP contribution in [-0.4, -0.2) is 28.7 Å². The highest BCUT2D eigenvalue weighted by Crippen LogP contribution is 2.28. The highest BCUT2D eigenvalue weighted by atomic mass is 32.1. The van der Waals surface area contributed by atoms with Crippen molar-refractivity contribution in [2.45, 2.75) is 19.3 Å². The number of nitrogens with zero attached hydrogens (tertiary/aromatic N) is 4. The molecule has 6 nitrogen and oxygen atoms in total. The summed E-state index contributed by atoms with van der Waals surface area (Å²) in [6, 6.07) is 12.1. The summed E-state index contributed by atoms with van der Waals surface area (Å²) >= 11 is 1.38. The summed E-state index contributed by atoms with van der Waals surface area (Å²) in [5.74, 6) is 0. The first-order valence-corrected chi connectivity index (χ1v) is 9.80. The number of aromatic nitrogens is 3. The average Bonchev–Trinajstić information content (AvgIpc) is 3.27. The van der Waals surface area contributed by atoms with E-state index in [1.165, 1.54) is 33.4 Å². The Morgan fingerprint density at radius 2 is 1.96 bits per heavy atom. The largest absolute Gasteiger partial charge is 0.378 e. The van der Waals surface area contributed by atoms with Gasteiger partial charge in [-0.15, -0.1) is 5.10 Å². The van der Waals surface area contributed by atoms with E-state index < -0.39 is 0 Å². The van der Waals surface area contributed by atoms with E-state index in [2.05, 4.69) is 33.6 Å². The Labute approximate surface area is 160 Å². The van der Waals surface area contributed by atoms with E-state index >= 15 is 0 Å². The van der Waals surface area contributed by atoms with Gasteiger partial charge in [-0.05, 0) is 60.7 Å². The molecule has 2 aromatic heterocycles. The molecule has 7 heteroatoms. The first-order chi connectivity index (χ1) is 13.1. The van der Waals surface area contributed by atoms with E-state index in [1.54, 1.807) is 0 Å². The molecule has 0 saturated heterocycles. The Kier molecular flexibility index (Phi) is 3.65. The van der Waals surface area contributed by atoms with Crippen LogP contribution < -0.4 is 15.8 Å². The van der Waals surface area contributed by atoms with Gasteiger partial charge in [0.15, 0.2) is 0 Å². The molecular formula is C20H19N5OS. The van der Waals surface area contributed by atoms with Crippen molar-refractivity contribution in [1.29, 1.82) is 0 Å². The van der Waals surface area contributed by atoms with E-state index in [1.807, 2.05) is 37.2 Å². The van der Waals surface area contributed by atoms with Gasteiger partial charge in [-0.3, -0.25) is 4.79 Å². The van der Waals surface area contributed by atoms with Crippen molar-refractivity contribution in [3.8, 4) is 0 Å². The van der Waals surface area contributed by atoms with Gasteiger partial charge in [0.2, 0.25) is 10.1 Å². The van der Waals surface area contributed by atoms with Crippen LogP contribution in [0.5, 0.6) is 0 Å². The molecule has 1 aliphatic rings. The van der Waals surface area contributed by atoms with Crippen molar-refractivity contribution < 1.29 is 0 Å². The summed E-state index contributed by atoms with van der Waals surface area (Å²) in [5, 5.41) is 9.02. The van der Waals surface area contributed by atoms with Gasteiger partial charge in [-0.25, -0.2) is 4.98 Å². The van der Waals surface area contributed by atoms with Gasteiger partial charge in [0.25, 0.3) is 5.56 Å². The predicted molar refractivity (Wildman–Crippen MR) is 111 cm³/mol. The maximum atomic E-state index is 12.8. The SMILES string of the molecule is CN(C)c1ccc2c(=O)n3nc(Nc4ccc5c(c4)CCC5)sc3nc2c1. The fraction of sp³-hybridized carbons (Fsp3) is 0.250. The topological polar surface area (TPSA) is 62.5 Å². The lowest BCUT2D eigenvalue weighted by Crippen LogP contribution is -2.16. The zero-order chi connectivity index (χ0) is 18.5. The minimum Gasteiger partial charge on any atom is -0.378 e. The van der Waals surface area contributed by atoms with Crippen LogP contribution in [0, 0.1) is 0 Å². The molecular weight excluding hydrogens is 358 g/mol. The first-order valence-electron chi connectivity index (χ1n) is 8.98. The highest BCUT2D eigenvalue weighted by molar-refractivity contribution is 7.20. The van der Waals surface area contributed by atoms with Crippen LogP contribution in [0.25, 0.3) is 15.9 Å². The fourth-order valence-corrected chi connectivity index (χ4v) is 4.42. The number of hydrogen-bond acceptors (Lipinski definition) is 6. The van der Waals surface area contributed by atoms with Gasteiger partial charge in [0.1, 0.15) is 0 Å². The quantitative estimate of drug-likeness (QED) is 0.591. The van der Waals surface area contributed by atoms with E-state index in [9.17, 15) is 4.79 Å². The Morgan fingerprint density at radius 3 is 2.81 bits per heavy atom. The lowest BCUT2D eigenvalue weighted by atomic mass is 10.1. The molecule has 136 valence electrons. The second kappa shape index (κ2) is 6.06. The molecule has 0 radical (unpaired) electrons. The predicted octanol–water partition coefficient (Wildman–Crippen LogP) is 3.60. The molecule has 0 spiro atoms. The molecule has 0 bridgehead atoms. The molecule has 2 heterocycles. The van der Waals surface area contributed by atoms with Gasteiger partial charge in [0, 0.05) is 25.5 Å². The van der Waals surface area contributed by atoms with Crippen molar-refractivity contribution in [1.82, 2.24) is 14.6 Å². The van der Waals surface area contributed by atoms with Crippen LogP contribution in [0.15, 0.2) is 41.2 Å². The lowest BCUT2D eigenvalue weighted by molar-refractivity contribution is 0.911.